The van der Waals surface area contributed by atoms with Gasteiger partial charge in [0.15, 0.2) is 5.96 Å². The average molecular weight is 523 g/mol. The fourth-order valence-corrected chi connectivity index (χ4v) is 3.51. The Morgan fingerprint density at radius 3 is 2.71 bits per heavy atom. The molecule has 0 aliphatic carbocycles. The third kappa shape index (κ3) is 7.06. The zero-order valence-electron chi connectivity index (χ0n) is 14.2. The van der Waals surface area contributed by atoms with E-state index in [1.807, 2.05) is 6.92 Å². The van der Waals surface area contributed by atoms with E-state index in [0.717, 1.165) is 40.5 Å². The number of nitrogens with one attached hydrogen (secondary N) is 2. The minimum atomic E-state index is 0. The largest absolute Gasteiger partial charge is 0.356 e. The number of guanidine groups is 1. The first-order valence-electron chi connectivity index (χ1n) is 7.70. The van der Waals surface area contributed by atoms with Crippen LogP contribution in [-0.2, 0) is 13.0 Å². The van der Waals surface area contributed by atoms with Crippen molar-refractivity contribution < 1.29 is 0 Å². The predicted molar refractivity (Wildman–Crippen MR) is 118 cm³/mol. The highest BCUT2D eigenvalue weighted by Gasteiger charge is 2.04. The molecule has 1 aromatic heterocycles. The molecule has 0 amide bonds. The monoisotopic (exact) mass is 522 g/mol. The van der Waals surface area contributed by atoms with Gasteiger partial charge in [-0.05, 0) is 44.4 Å². The van der Waals surface area contributed by atoms with Gasteiger partial charge in [0.05, 0.1) is 12.2 Å². The van der Waals surface area contributed by atoms with E-state index in [4.69, 9.17) is 0 Å². The predicted octanol–water partition coefficient (Wildman–Crippen LogP) is 4.44. The summed E-state index contributed by atoms with van der Waals surface area (Å²) in [6.45, 7) is 5.75. The third-order valence-electron chi connectivity index (χ3n) is 3.53. The number of aryl methyl sites for hydroxylation is 3. The van der Waals surface area contributed by atoms with Crippen molar-refractivity contribution in [2.24, 2.45) is 4.99 Å². The standard InChI is InChI=1S/C17H23BrN4S.HI/c1-12-13(2)23-16(22-12)11-21-17(19-3)20-9-5-7-14-6-4-8-15(18)10-14;/h4,6,8,10H,5,7,9,11H2,1-3H3,(H2,19,20,21);1H. The van der Waals surface area contributed by atoms with Gasteiger partial charge in [-0.1, -0.05) is 28.1 Å². The number of rotatable bonds is 6. The summed E-state index contributed by atoms with van der Waals surface area (Å²) in [4.78, 5) is 10.1. The van der Waals surface area contributed by atoms with Crippen LogP contribution in [0.3, 0.4) is 0 Å². The molecule has 4 nitrogen and oxygen atoms in total. The summed E-state index contributed by atoms with van der Waals surface area (Å²) >= 11 is 5.24. The number of aromatic nitrogens is 1. The Kier molecular flexibility index (Phi) is 9.84. The van der Waals surface area contributed by atoms with Crippen molar-refractivity contribution in [3.8, 4) is 0 Å². The molecule has 24 heavy (non-hydrogen) atoms. The summed E-state index contributed by atoms with van der Waals surface area (Å²) in [5.74, 6) is 0.824. The minimum Gasteiger partial charge on any atom is -0.356 e. The van der Waals surface area contributed by atoms with Crippen LogP contribution in [0.25, 0.3) is 0 Å². The van der Waals surface area contributed by atoms with E-state index in [1.54, 1.807) is 18.4 Å². The topological polar surface area (TPSA) is 49.3 Å². The smallest absolute Gasteiger partial charge is 0.191 e. The van der Waals surface area contributed by atoms with E-state index in [9.17, 15) is 0 Å². The van der Waals surface area contributed by atoms with E-state index < -0.39 is 0 Å². The Hall–Kier alpha value is -0.670. The second-order valence-electron chi connectivity index (χ2n) is 5.34. The van der Waals surface area contributed by atoms with Gasteiger partial charge in [0, 0.05) is 22.9 Å². The maximum Gasteiger partial charge on any atom is 0.191 e. The van der Waals surface area contributed by atoms with Gasteiger partial charge in [0.1, 0.15) is 5.01 Å². The summed E-state index contributed by atoms with van der Waals surface area (Å²) in [6.07, 6.45) is 2.11. The lowest BCUT2D eigenvalue weighted by atomic mass is 10.1. The zero-order chi connectivity index (χ0) is 16.7. The molecule has 2 aromatic rings. The minimum absolute atomic E-state index is 0. The summed E-state index contributed by atoms with van der Waals surface area (Å²) in [5, 5.41) is 7.76. The van der Waals surface area contributed by atoms with Crippen LogP contribution in [0.15, 0.2) is 33.7 Å². The zero-order valence-corrected chi connectivity index (χ0v) is 19.0. The number of hydrogen-bond donors (Lipinski definition) is 2. The molecule has 0 aliphatic rings. The number of benzene rings is 1. The van der Waals surface area contributed by atoms with Gasteiger partial charge in [-0.3, -0.25) is 4.99 Å². The van der Waals surface area contributed by atoms with E-state index in [2.05, 4.69) is 67.7 Å². The number of thiazole rings is 1. The molecule has 0 unspecified atom stereocenters. The molecule has 0 saturated heterocycles. The fraction of sp³-hybridized carbons (Fsp3) is 0.412. The lowest BCUT2D eigenvalue weighted by Gasteiger charge is -2.10. The molecule has 7 heteroatoms. The highest BCUT2D eigenvalue weighted by molar-refractivity contribution is 14.0. The molecule has 0 spiro atoms. The average Bonchev–Trinajstić information content (AvgIpc) is 2.85. The Morgan fingerprint density at radius 2 is 2.08 bits per heavy atom. The van der Waals surface area contributed by atoms with Crippen molar-refractivity contribution in [1.29, 1.82) is 0 Å². The molecular weight excluding hydrogens is 499 g/mol. The summed E-state index contributed by atoms with van der Waals surface area (Å²) in [5.41, 5.74) is 2.46. The fourth-order valence-electron chi connectivity index (χ4n) is 2.19. The van der Waals surface area contributed by atoms with Crippen LogP contribution in [0.5, 0.6) is 0 Å². The van der Waals surface area contributed by atoms with Crippen molar-refractivity contribution >= 4 is 57.2 Å². The van der Waals surface area contributed by atoms with Gasteiger partial charge in [-0.2, -0.15) is 0 Å². The number of hydrogen-bond acceptors (Lipinski definition) is 3. The third-order valence-corrected chi connectivity index (χ3v) is 5.09. The lowest BCUT2D eigenvalue weighted by Crippen LogP contribution is -2.37. The van der Waals surface area contributed by atoms with Crippen LogP contribution < -0.4 is 10.6 Å². The molecule has 0 saturated carbocycles. The highest BCUT2D eigenvalue weighted by atomic mass is 127. The molecule has 0 aliphatic heterocycles. The Bertz CT molecular complexity index is 653. The van der Waals surface area contributed by atoms with Gasteiger partial charge in [0.25, 0.3) is 0 Å². The number of halogens is 2. The van der Waals surface area contributed by atoms with Crippen molar-refractivity contribution in [2.45, 2.75) is 33.2 Å². The van der Waals surface area contributed by atoms with Gasteiger partial charge in [0.2, 0.25) is 0 Å². The molecular formula is C17H24BrIN4S. The first-order valence-corrected chi connectivity index (χ1v) is 9.31. The Labute approximate surface area is 173 Å². The summed E-state index contributed by atoms with van der Waals surface area (Å²) in [6, 6.07) is 8.45. The normalized spacial score (nSPS) is 11.1. The van der Waals surface area contributed by atoms with Crippen LogP contribution in [0.2, 0.25) is 0 Å². The van der Waals surface area contributed by atoms with Crippen LogP contribution in [0.4, 0.5) is 0 Å². The summed E-state index contributed by atoms with van der Waals surface area (Å²) < 4.78 is 1.13. The van der Waals surface area contributed by atoms with Crippen LogP contribution in [-0.4, -0.2) is 24.5 Å². The second kappa shape index (κ2) is 11.0. The molecule has 1 heterocycles. The number of nitrogens with zero attached hydrogens (tertiary/aromatic N) is 2. The Morgan fingerprint density at radius 1 is 1.29 bits per heavy atom. The van der Waals surface area contributed by atoms with Crippen LogP contribution in [0.1, 0.15) is 27.6 Å². The SMILES string of the molecule is CN=C(NCCCc1cccc(Br)c1)NCc1nc(C)c(C)s1.I. The van der Waals surface area contributed by atoms with Crippen molar-refractivity contribution in [1.82, 2.24) is 15.6 Å². The van der Waals surface area contributed by atoms with E-state index in [1.165, 1.54) is 10.4 Å². The second-order valence-corrected chi connectivity index (χ2v) is 7.54. The molecule has 1 aromatic carbocycles. The van der Waals surface area contributed by atoms with Crippen LogP contribution in [0, 0.1) is 13.8 Å². The van der Waals surface area contributed by atoms with Crippen molar-refractivity contribution in [3.05, 3.63) is 49.9 Å². The van der Waals surface area contributed by atoms with Gasteiger partial charge < -0.3 is 10.6 Å². The molecule has 0 radical (unpaired) electrons. The molecule has 2 N–H and O–H groups in total. The maximum absolute atomic E-state index is 4.53. The van der Waals surface area contributed by atoms with E-state index in [-0.39, 0.29) is 24.0 Å². The molecule has 2 rings (SSSR count). The molecule has 0 fully saturated rings. The van der Waals surface area contributed by atoms with Gasteiger partial charge in [-0.15, -0.1) is 35.3 Å². The molecule has 0 atom stereocenters. The quantitative estimate of drug-likeness (QED) is 0.255. The van der Waals surface area contributed by atoms with E-state index in [0.29, 0.717) is 6.54 Å². The Balaban J connectivity index is 0.00000288. The van der Waals surface area contributed by atoms with Crippen molar-refractivity contribution in [2.75, 3.05) is 13.6 Å². The maximum atomic E-state index is 4.53. The highest BCUT2D eigenvalue weighted by Crippen LogP contribution is 2.16. The van der Waals surface area contributed by atoms with Gasteiger partial charge in [-0.25, -0.2) is 4.98 Å². The molecule has 132 valence electrons. The van der Waals surface area contributed by atoms with Gasteiger partial charge >= 0.3 is 0 Å². The van der Waals surface area contributed by atoms with Crippen molar-refractivity contribution in [3.63, 3.8) is 0 Å². The van der Waals surface area contributed by atoms with Crippen LogP contribution >= 0.6 is 51.2 Å². The summed E-state index contributed by atoms with van der Waals surface area (Å²) in [7, 11) is 1.79. The first-order chi connectivity index (χ1) is 11.1. The lowest BCUT2D eigenvalue weighted by molar-refractivity contribution is 0.740. The van der Waals surface area contributed by atoms with E-state index >= 15 is 0 Å². The number of aliphatic imine (C=N–C) groups is 1. The first kappa shape index (κ1) is 21.4. The molecule has 0 bridgehead atoms.